The zero-order chi connectivity index (χ0) is 12.1. The number of ether oxygens (including phenoxy) is 1. The summed E-state index contributed by atoms with van der Waals surface area (Å²) < 4.78 is 6.69. The van der Waals surface area contributed by atoms with E-state index in [0.29, 0.717) is 19.0 Å². The lowest BCUT2D eigenvalue weighted by molar-refractivity contribution is -0.140. The van der Waals surface area contributed by atoms with E-state index >= 15 is 0 Å². The minimum Gasteiger partial charge on any atom is -0.469 e. The number of methoxy groups -OCH3 is 1. The first kappa shape index (κ1) is 12.1. The van der Waals surface area contributed by atoms with Gasteiger partial charge in [-0.25, -0.2) is 4.98 Å². The molecule has 0 radical (unpaired) electrons. The van der Waals surface area contributed by atoms with E-state index in [-0.39, 0.29) is 5.97 Å². The highest BCUT2D eigenvalue weighted by Crippen LogP contribution is 2.22. The smallest absolute Gasteiger partial charge is 0.307 e. The molecule has 1 unspecified atom stereocenters. The van der Waals surface area contributed by atoms with Crippen LogP contribution in [0.2, 0.25) is 0 Å². The summed E-state index contributed by atoms with van der Waals surface area (Å²) in [6.07, 6.45) is 7.71. The predicted octanol–water partition coefficient (Wildman–Crippen LogP) is 1.26. The minimum atomic E-state index is -0.179. The average Bonchev–Trinajstić information content (AvgIpc) is 2.85. The molecule has 17 heavy (non-hydrogen) atoms. The highest BCUT2D eigenvalue weighted by atomic mass is 16.5. The molecule has 2 heterocycles. The number of hydrogen-bond donors (Lipinski definition) is 1. The molecule has 5 heteroatoms. The molecule has 1 aliphatic heterocycles. The van der Waals surface area contributed by atoms with Crippen molar-refractivity contribution in [3.05, 3.63) is 18.2 Å². The van der Waals surface area contributed by atoms with Crippen molar-refractivity contribution in [3.63, 3.8) is 0 Å². The van der Waals surface area contributed by atoms with Crippen molar-refractivity contribution in [2.24, 2.45) is 0 Å². The summed E-state index contributed by atoms with van der Waals surface area (Å²) in [4.78, 5) is 15.3. The van der Waals surface area contributed by atoms with Crippen LogP contribution in [0.25, 0.3) is 0 Å². The summed E-state index contributed by atoms with van der Waals surface area (Å²) in [6, 6.07) is 0.379. The van der Waals surface area contributed by atoms with Crippen LogP contribution in [0.3, 0.4) is 0 Å². The van der Waals surface area contributed by atoms with Crippen LogP contribution in [0, 0.1) is 0 Å². The van der Waals surface area contributed by atoms with Crippen LogP contribution < -0.4 is 5.32 Å². The molecule has 0 aromatic carbocycles. The quantitative estimate of drug-likeness (QED) is 0.801. The van der Waals surface area contributed by atoms with E-state index in [9.17, 15) is 4.79 Å². The van der Waals surface area contributed by atoms with E-state index in [1.165, 1.54) is 25.6 Å². The number of imidazole rings is 1. The van der Waals surface area contributed by atoms with E-state index in [4.69, 9.17) is 0 Å². The van der Waals surface area contributed by atoms with Crippen LogP contribution in [0.5, 0.6) is 0 Å². The van der Waals surface area contributed by atoms with Crippen molar-refractivity contribution in [1.29, 1.82) is 0 Å². The molecule has 0 aliphatic carbocycles. The second kappa shape index (κ2) is 5.82. The lowest BCUT2D eigenvalue weighted by Gasteiger charge is -2.24. The normalized spacial score (nSPS) is 20.2. The largest absolute Gasteiger partial charge is 0.469 e. The number of carbonyl (C=O) groups excluding carboxylic acids is 1. The van der Waals surface area contributed by atoms with Gasteiger partial charge >= 0.3 is 5.97 Å². The van der Waals surface area contributed by atoms with Gasteiger partial charge in [-0.3, -0.25) is 4.79 Å². The number of carbonyl (C=O) groups is 1. The third kappa shape index (κ3) is 3.06. The van der Waals surface area contributed by atoms with Crippen molar-refractivity contribution >= 4 is 5.97 Å². The molecule has 1 saturated heterocycles. The first-order valence-electron chi connectivity index (χ1n) is 6.11. The van der Waals surface area contributed by atoms with E-state index in [1.807, 2.05) is 10.8 Å². The summed E-state index contributed by atoms with van der Waals surface area (Å²) in [6.45, 7) is 1.70. The van der Waals surface area contributed by atoms with Gasteiger partial charge in [0.25, 0.3) is 0 Å². The Morgan fingerprint density at radius 2 is 2.53 bits per heavy atom. The molecule has 1 aromatic rings. The van der Waals surface area contributed by atoms with Crippen molar-refractivity contribution < 1.29 is 9.53 Å². The Labute approximate surface area is 101 Å². The summed E-state index contributed by atoms with van der Waals surface area (Å²) >= 11 is 0. The number of aromatic nitrogens is 2. The highest BCUT2D eigenvalue weighted by Gasteiger charge is 2.18. The topological polar surface area (TPSA) is 56.2 Å². The molecular formula is C12H19N3O2. The summed E-state index contributed by atoms with van der Waals surface area (Å²) in [5.41, 5.74) is 1.17. The zero-order valence-electron chi connectivity index (χ0n) is 10.2. The minimum absolute atomic E-state index is 0.179. The Morgan fingerprint density at radius 3 is 3.24 bits per heavy atom. The van der Waals surface area contributed by atoms with E-state index in [2.05, 4.69) is 15.0 Å². The Balaban J connectivity index is 1.98. The number of esters is 1. The van der Waals surface area contributed by atoms with Crippen molar-refractivity contribution in [3.8, 4) is 0 Å². The van der Waals surface area contributed by atoms with Crippen LogP contribution in [0.4, 0.5) is 0 Å². The Bertz CT molecular complexity index is 370. The Morgan fingerprint density at radius 1 is 1.65 bits per heavy atom. The number of piperidine rings is 1. The average molecular weight is 237 g/mol. The maximum atomic E-state index is 11.1. The van der Waals surface area contributed by atoms with Crippen molar-refractivity contribution in [2.75, 3.05) is 13.7 Å². The highest BCUT2D eigenvalue weighted by molar-refractivity contribution is 5.68. The molecular weight excluding hydrogens is 218 g/mol. The van der Waals surface area contributed by atoms with Crippen LogP contribution in [-0.2, 0) is 16.1 Å². The number of nitrogens with one attached hydrogen (secondary N) is 1. The number of aryl methyl sites for hydroxylation is 1. The molecule has 1 aromatic heterocycles. The second-order valence-electron chi connectivity index (χ2n) is 4.34. The first-order valence-corrected chi connectivity index (χ1v) is 6.11. The lowest BCUT2D eigenvalue weighted by atomic mass is 10.0. The number of hydrogen-bond acceptors (Lipinski definition) is 4. The SMILES string of the molecule is COC(=O)CCn1cncc1C1CCCCN1. The van der Waals surface area contributed by atoms with Crippen LogP contribution in [0.15, 0.2) is 12.5 Å². The van der Waals surface area contributed by atoms with E-state index in [0.717, 1.165) is 13.0 Å². The molecule has 1 fully saturated rings. The summed E-state index contributed by atoms with van der Waals surface area (Å²) in [5.74, 6) is -0.179. The fraction of sp³-hybridized carbons (Fsp3) is 0.667. The number of rotatable bonds is 4. The molecule has 0 amide bonds. The van der Waals surface area contributed by atoms with Crippen LogP contribution in [-0.4, -0.2) is 29.2 Å². The van der Waals surface area contributed by atoms with Gasteiger partial charge in [0.1, 0.15) is 0 Å². The monoisotopic (exact) mass is 237 g/mol. The van der Waals surface area contributed by atoms with Gasteiger partial charge in [0, 0.05) is 18.8 Å². The van der Waals surface area contributed by atoms with Gasteiger partial charge in [-0.2, -0.15) is 0 Å². The predicted molar refractivity (Wildman–Crippen MR) is 63.5 cm³/mol. The molecule has 94 valence electrons. The van der Waals surface area contributed by atoms with Crippen LogP contribution >= 0.6 is 0 Å². The van der Waals surface area contributed by atoms with Gasteiger partial charge in [0.05, 0.1) is 25.6 Å². The van der Waals surface area contributed by atoms with E-state index < -0.39 is 0 Å². The van der Waals surface area contributed by atoms with Gasteiger partial charge in [-0.15, -0.1) is 0 Å². The van der Waals surface area contributed by atoms with Gasteiger partial charge in [-0.05, 0) is 19.4 Å². The Hall–Kier alpha value is -1.36. The van der Waals surface area contributed by atoms with Crippen LogP contribution in [0.1, 0.15) is 37.4 Å². The second-order valence-corrected chi connectivity index (χ2v) is 4.34. The molecule has 5 nitrogen and oxygen atoms in total. The van der Waals surface area contributed by atoms with Crippen molar-refractivity contribution in [1.82, 2.24) is 14.9 Å². The Kier molecular flexibility index (Phi) is 4.14. The third-order valence-electron chi connectivity index (χ3n) is 3.20. The zero-order valence-corrected chi connectivity index (χ0v) is 10.2. The molecule has 0 spiro atoms. The lowest BCUT2D eigenvalue weighted by Crippen LogP contribution is -2.28. The first-order chi connectivity index (χ1) is 8.31. The number of nitrogens with zero attached hydrogens (tertiary/aromatic N) is 2. The molecule has 1 N–H and O–H groups in total. The van der Waals surface area contributed by atoms with Gasteiger partial charge in [0.2, 0.25) is 0 Å². The van der Waals surface area contributed by atoms with E-state index in [1.54, 1.807) is 6.33 Å². The molecule has 1 aliphatic rings. The standard InChI is InChI=1S/C12H19N3O2/c1-17-12(16)5-7-15-9-13-8-11(15)10-4-2-3-6-14-10/h8-10,14H,2-7H2,1H3. The third-order valence-corrected chi connectivity index (χ3v) is 3.20. The fourth-order valence-corrected chi connectivity index (χ4v) is 2.23. The van der Waals surface area contributed by atoms with Gasteiger partial charge in [-0.1, -0.05) is 6.42 Å². The molecule has 0 saturated carbocycles. The molecule has 0 bridgehead atoms. The maximum absolute atomic E-state index is 11.1. The molecule has 1 atom stereocenters. The van der Waals surface area contributed by atoms with Gasteiger partial charge < -0.3 is 14.6 Å². The van der Waals surface area contributed by atoms with Crippen molar-refractivity contribution in [2.45, 2.75) is 38.3 Å². The maximum Gasteiger partial charge on any atom is 0.307 e. The van der Waals surface area contributed by atoms with Gasteiger partial charge in [0.15, 0.2) is 0 Å². The fourth-order valence-electron chi connectivity index (χ4n) is 2.23. The summed E-state index contributed by atoms with van der Waals surface area (Å²) in [5, 5.41) is 3.49. The summed E-state index contributed by atoms with van der Waals surface area (Å²) in [7, 11) is 1.42. The molecule has 2 rings (SSSR count).